The lowest BCUT2D eigenvalue weighted by Gasteiger charge is -2.21. The van der Waals surface area contributed by atoms with Crippen molar-refractivity contribution in [2.75, 3.05) is 19.8 Å². The molecule has 0 aromatic heterocycles. The van der Waals surface area contributed by atoms with Gasteiger partial charge in [-0.2, -0.15) is 0 Å². The van der Waals surface area contributed by atoms with Gasteiger partial charge in [0.25, 0.3) is 0 Å². The molecule has 1 unspecified atom stereocenters. The number of aromatic carboxylic acids is 2. The van der Waals surface area contributed by atoms with Gasteiger partial charge in [-0.25, -0.2) is 9.59 Å². The minimum atomic E-state index is -1.59. The van der Waals surface area contributed by atoms with Gasteiger partial charge in [0.15, 0.2) is 0 Å². The molecule has 5 aromatic rings. The molecule has 1 atom stereocenters. The number of rotatable bonds is 13. The van der Waals surface area contributed by atoms with E-state index in [4.69, 9.17) is 21.9 Å². The SMILES string of the molecule is CCCCC(CC)COCCCN.NC(=O)c1c(C(=O)O)c2c(C(=O)O)ccc3c4cccc5cccc(c(c1C(N)=O)c23)c54. The predicted molar refractivity (Wildman–Crippen MR) is 176 cm³/mol. The van der Waals surface area contributed by atoms with Crippen LogP contribution in [0.3, 0.4) is 0 Å². The molecule has 8 N–H and O–H groups in total. The summed E-state index contributed by atoms with van der Waals surface area (Å²) in [6.07, 6.45) is 6.17. The maximum absolute atomic E-state index is 12.6. The lowest BCUT2D eigenvalue weighted by molar-refractivity contribution is 0.0693. The summed E-state index contributed by atoms with van der Waals surface area (Å²) in [5.41, 5.74) is 14.6. The summed E-state index contributed by atoms with van der Waals surface area (Å²) in [7, 11) is 0. The van der Waals surface area contributed by atoms with Crippen molar-refractivity contribution in [3.8, 4) is 0 Å². The first kappa shape index (κ1) is 33.1. The van der Waals surface area contributed by atoms with Crippen LogP contribution in [0.25, 0.3) is 43.1 Å². The topological polar surface area (TPSA) is 196 Å². The number of hydrogen-bond donors (Lipinski definition) is 5. The van der Waals surface area contributed by atoms with E-state index in [0.29, 0.717) is 10.8 Å². The normalized spacial score (nSPS) is 12.0. The second-order valence-electron chi connectivity index (χ2n) is 11.1. The minimum Gasteiger partial charge on any atom is -0.478 e. The minimum absolute atomic E-state index is 0.178. The van der Waals surface area contributed by atoms with Crippen LogP contribution >= 0.6 is 0 Å². The summed E-state index contributed by atoms with van der Waals surface area (Å²) in [6.45, 7) is 6.98. The molecule has 236 valence electrons. The summed E-state index contributed by atoms with van der Waals surface area (Å²) >= 11 is 0. The molecule has 0 aliphatic heterocycles. The highest BCUT2D eigenvalue weighted by atomic mass is 16.5. The third-order valence-corrected chi connectivity index (χ3v) is 8.25. The zero-order valence-corrected chi connectivity index (χ0v) is 25.5. The van der Waals surface area contributed by atoms with Crippen molar-refractivity contribution in [1.29, 1.82) is 0 Å². The van der Waals surface area contributed by atoms with Crippen LogP contribution in [-0.4, -0.2) is 53.7 Å². The lowest BCUT2D eigenvalue weighted by atomic mass is 9.81. The lowest BCUT2D eigenvalue weighted by Crippen LogP contribution is -2.25. The number of benzene rings is 5. The van der Waals surface area contributed by atoms with Gasteiger partial charge in [0.2, 0.25) is 11.8 Å². The van der Waals surface area contributed by atoms with Crippen LogP contribution in [0.4, 0.5) is 0 Å². The van der Waals surface area contributed by atoms with Crippen molar-refractivity contribution in [1.82, 2.24) is 0 Å². The Bertz CT molecular complexity index is 1890. The Labute approximate surface area is 260 Å². The molecule has 0 aliphatic carbocycles. The summed E-state index contributed by atoms with van der Waals surface area (Å²) in [5, 5.41) is 23.5. The first-order valence-corrected chi connectivity index (χ1v) is 15.1. The van der Waals surface area contributed by atoms with Gasteiger partial charge in [0.05, 0.1) is 22.3 Å². The molecule has 0 spiro atoms. The van der Waals surface area contributed by atoms with Crippen molar-refractivity contribution >= 4 is 66.8 Å². The van der Waals surface area contributed by atoms with E-state index in [-0.39, 0.29) is 27.3 Å². The highest BCUT2D eigenvalue weighted by Gasteiger charge is 2.32. The number of ether oxygens (including phenoxy) is 1. The first-order chi connectivity index (χ1) is 21.6. The quantitative estimate of drug-likeness (QED) is 0.0614. The molecule has 0 heterocycles. The number of unbranched alkanes of at least 4 members (excludes halogenated alkanes) is 1. The maximum Gasteiger partial charge on any atom is 0.337 e. The van der Waals surface area contributed by atoms with Crippen molar-refractivity contribution in [3.63, 3.8) is 0 Å². The van der Waals surface area contributed by atoms with Crippen LogP contribution in [0.2, 0.25) is 0 Å². The maximum atomic E-state index is 12.6. The Morgan fingerprint density at radius 2 is 1.38 bits per heavy atom. The zero-order chi connectivity index (χ0) is 32.8. The van der Waals surface area contributed by atoms with E-state index in [2.05, 4.69) is 13.8 Å². The van der Waals surface area contributed by atoms with Crippen LogP contribution in [0.15, 0.2) is 48.5 Å². The molecule has 2 amide bonds. The van der Waals surface area contributed by atoms with E-state index < -0.39 is 34.9 Å². The van der Waals surface area contributed by atoms with Gasteiger partial charge in [-0.15, -0.1) is 0 Å². The Kier molecular flexibility index (Phi) is 10.5. The van der Waals surface area contributed by atoms with Crippen molar-refractivity contribution in [2.45, 2.75) is 46.0 Å². The number of carboxylic acids is 2. The molecule has 0 saturated carbocycles. The largest absolute Gasteiger partial charge is 0.478 e. The second-order valence-corrected chi connectivity index (χ2v) is 11.1. The van der Waals surface area contributed by atoms with E-state index in [1.807, 2.05) is 24.3 Å². The third-order valence-electron chi connectivity index (χ3n) is 8.25. The van der Waals surface area contributed by atoms with Gasteiger partial charge in [-0.05, 0) is 63.7 Å². The van der Waals surface area contributed by atoms with Crippen LogP contribution in [-0.2, 0) is 4.74 Å². The number of nitrogens with two attached hydrogens (primary N) is 3. The van der Waals surface area contributed by atoms with Crippen molar-refractivity contribution < 1.29 is 34.1 Å². The average molecular weight is 614 g/mol. The highest BCUT2D eigenvalue weighted by Crippen LogP contribution is 2.45. The Morgan fingerprint density at radius 1 is 0.733 bits per heavy atom. The monoisotopic (exact) mass is 613 g/mol. The van der Waals surface area contributed by atoms with Crippen LogP contribution in [0.1, 0.15) is 87.4 Å². The standard InChI is InChI=1S/C24H14N2O6.C11H25NO/c25-21(27)18-16-12-6-2-4-9-3-1-5-10(14(9)12)11-7-8-13(23(29)30)17(15(11)16)20(24(31)32)19(18)22(26)28;1-3-5-7-11(4-2)10-13-9-6-8-12/h1-8H,(H2,25,27)(H2,26,28)(H,29,30)(H,31,32);11H,3-10,12H2,1-2H3. The molecule has 0 saturated heterocycles. The molecule has 45 heavy (non-hydrogen) atoms. The summed E-state index contributed by atoms with van der Waals surface area (Å²) in [5.74, 6) is -4.45. The predicted octanol–water partition coefficient (Wildman–Crippen LogP) is 5.90. The molecular formula is C35H39N3O7. The van der Waals surface area contributed by atoms with Crippen LogP contribution < -0.4 is 17.2 Å². The summed E-state index contributed by atoms with van der Waals surface area (Å²) in [4.78, 5) is 49.4. The fourth-order valence-corrected chi connectivity index (χ4v) is 6.11. The first-order valence-electron chi connectivity index (χ1n) is 15.1. The molecule has 5 aromatic carbocycles. The fourth-order valence-electron chi connectivity index (χ4n) is 6.11. The molecule has 10 nitrogen and oxygen atoms in total. The van der Waals surface area contributed by atoms with Crippen molar-refractivity contribution in [3.05, 3.63) is 70.8 Å². The summed E-state index contributed by atoms with van der Waals surface area (Å²) in [6, 6.07) is 13.7. The second kappa shape index (κ2) is 14.3. The fraction of sp³-hybridized carbons (Fsp3) is 0.314. The number of hydrogen-bond acceptors (Lipinski definition) is 6. The van der Waals surface area contributed by atoms with Gasteiger partial charge in [0.1, 0.15) is 0 Å². The van der Waals surface area contributed by atoms with E-state index in [9.17, 15) is 29.4 Å². The molecule has 0 fully saturated rings. The Hall–Kier alpha value is -4.80. The summed E-state index contributed by atoms with van der Waals surface area (Å²) < 4.78 is 5.54. The Morgan fingerprint density at radius 3 is 1.93 bits per heavy atom. The molecule has 0 radical (unpaired) electrons. The van der Waals surface area contributed by atoms with E-state index in [0.717, 1.165) is 48.3 Å². The zero-order valence-electron chi connectivity index (χ0n) is 25.5. The van der Waals surface area contributed by atoms with E-state index in [1.165, 1.54) is 31.7 Å². The molecule has 0 aliphatic rings. The van der Waals surface area contributed by atoms with Gasteiger partial charge in [-0.3, -0.25) is 9.59 Å². The highest BCUT2D eigenvalue weighted by molar-refractivity contribution is 6.40. The number of carbonyl (C=O) groups is 4. The van der Waals surface area contributed by atoms with Gasteiger partial charge >= 0.3 is 11.9 Å². The van der Waals surface area contributed by atoms with Crippen molar-refractivity contribution in [2.24, 2.45) is 23.1 Å². The number of carboxylic acid groups (broad SMARTS) is 2. The molecule has 5 rings (SSSR count). The number of amides is 2. The Balaban J connectivity index is 0.000000302. The molecule has 0 bridgehead atoms. The number of fused-ring (bicyclic) bond motifs is 2. The van der Waals surface area contributed by atoms with Crippen LogP contribution in [0.5, 0.6) is 0 Å². The molecular weight excluding hydrogens is 574 g/mol. The van der Waals surface area contributed by atoms with Gasteiger partial charge < -0.3 is 32.2 Å². The smallest absolute Gasteiger partial charge is 0.337 e. The van der Waals surface area contributed by atoms with Gasteiger partial charge in [-0.1, -0.05) is 75.6 Å². The van der Waals surface area contributed by atoms with Crippen LogP contribution in [0, 0.1) is 5.92 Å². The van der Waals surface area contributed by atoms with E-state index >= 15 is 0 Å². The number of carbonyl (C=O) groups excluding carboxylic acids is 2. The van der Waals surface area contributed by atoms with Gasteiger partial charge in [0, 0.05) is 24.0 Å². The van der Waals surface area contributed by atoms with E-state index in [1.54, 1.807) is 18.2 Å². The molecule has 10 heteroatoms. The third kappa shape index (κ3) is 6.38. The number of primary amides is 2. The average Bonchev–Trinajstić information content (AvgIpc) is 3.02.